The normalized spacial score (nSPS) is 13.4. The molecule has 0 radical (unpaired) electrons. The lowest BCUT2D eigenvalue weighted by Crippen LogP contribution is -2.16. The van der Waals surface area contributed by atoms with Gasteiger partial charge in [0, 0.05) is 17.5 Å². The predicted molar refractivity (Wildman–Crippen MR) is 100 cm³/mol. The van der Waals surface area contributed by atoms with E-state index in [0.717, 1.165) is 11.1 Å². The molecule has 3 nitrogen and oxygen atoms in total. The lowest BCUT2D eigenvalue weighted by atomic mass is 9.97. The number of aryl methyl sites for hydroxylation is 1. The number of hydrogen-bond acceptors (Lipinski definition) is 2. The van der Waals surface area contributed by atoms with Gasteiger partial charge in [0.15, 0.2) is 0 Å². The third-order valence-corrected chi connectivity index (χ3v) is 5.67. The molecule has 0 bridgehead atoms. The standard InChI is InChI=1S/C21H21NO2S/c1-16-10-12-19(13-11-16)25(24)21-9-6-14-22(21)20(23)15-17(2)18-7-4-3-5-8-18/h3-14,17H,15H2,1-2H3/t17-,25?/m0/s1. The monoisotopic (exact) mass is 351 g/mol. The summed E-state index contributed by atoms with van der Waals surface area (Å²) in [4.78, 5) is 13.4. The Hall–Kier alpha value is -2.46. The first-order valence-electron chi connectivity index (χ1n) is 8.30. The SMILES string of the molecule is Cc1ccc(S(=O)c2cccn2C(=O)C[C@H](C)c2ccccc2)cc1. The number of carbonyl (C=O) groups excluding carboxylic acids is 1. The van der Waals surface area contributed by atoms with Crippen LogP contribution in [0.15, 0.2) is 82.8 Å². The maximum absolute atomic E-state index is 12.8. The van der Waals surface area contributed by atoms with Crippen molar-refractivity contribution < 1.29 is 9.00 Å². The fourth-order valence-electron chi connectivity index (χ4n) is 2.76. The molecule has 2 aromatic carbocycles. The molecule has 25 heavy (non-hydrogen) atoms. The van der Waals surface area contributed by atoms with E-state index < -0.39 is 10.8 Å². The van der Waals surface area contributed by atoms with Crippen LogP contribution >= 0.6 is 0 Å². The quantitative estimate of drug-likeness (QED) is 0.662. The van der Waals surface area contributed by atoms with Crippen LogP contribution in [0.25, 0.3) is 0 Å². The summed E-state index contributed by atoms with van der Waals surface area (Å²) in [6.07, 6.45) is 2.07. The molecule has 0 fully saturated rings. The third kappa shape index (κ3) is 3.97. The minimum atomic E-state index is -1.37. The Balaban J connectivity index is 1.80. The Kier molecular flexibility index (Phi) is 5.29. The summed E-state index contributed by atoms with van der Waals surface area (Å²) in [6.45, 7) is 4.03. The Bertz CT molecular complexity index is 882. The molecular formula is C21H21NO2S. The van der Waals surface area contributed by atoms with E-state index in [1.807, 2.05) is 68.4 Å². The Morgan fingerprint density at radius 1 is 1.00 bits per heavy atom. The van der Waals surface area contributed by atoms with Crippen molar-refractivity contribution in [3.05, 3.63) is 84.1 Å². The number of nitrogens with zero attached hydrogens (tertiary/aromatic N) is 1. The van der Waals surface area contributed by atoms with Crippen LogP contribution in [0.2, 0.25) is 0 Å². The summed E-state index contributed by atoms with van der Waals surface area (Å²) in [5.74, 6) is 0.0635. The van der Waals surface area contributed by atoms with E-state index in [-0.39, 0.29) is 11.8 Å². The molecule has 2 atom stereocenters. The van der Waals surface area contributed by atoms with Crippen LogP contribution in [0.4, 0.5) is 0 Å². The van der Waals surface area contributed by atoms with Crippen molar-refractivity contribution >= 4 is 16.7 Å². The molecule has 1 heterocycles. The van der Waals surface area contributed by atoms with Crippen molar-refractivity contribution in [1.29, 1.82) is 0 Å². The predicted octanol–water partition coefficient (Wildman–Crippen LogP) is 4.80. The fourth-order valence-corrected chi connectivity index (χ4v) is 3.93. The van der Waals surface area contributed by atoms with Crippen LogP contribution < -0.4 is 0 Å². The molecule has 0 amide bonds. The molecular weight excluding hydrogens is 330 g/mol. The third-order valence-electron chi connectivity index (χ3n) is 4.25. The van der Waals surface area contributed by atoms with Gasteiger partial charge in [0.1, 0.15) is 15.8 Å². The lowest BCUT2D eigenvalue weighted by Gasteiger charge is -2.13. The van der Waals surface area contributed by atoms with Gasteiger partial charge >= 0.3 is 0 Å². The van der Waals surface area contributed by atoms with E-state index in [2.05, 4.69) is 0 Å². The molecule has 3 aromatic rings. The smallest absolute Gasteiger partial charge is 0.232 e. The highest BCUT2D eigenvalue weighted by atomic mass is 32.2. The summed E-state index contributed by atoms with van der Waals surface area (Å²) in [5, 5.41) is 0.522. The highest BCUT2D eigenvalue weighted by molar-refractivity contribution is 7.85. The molecule has 0 aliphatic heterocycles. The van der Waals surface area contributed by atoms with Gasteiger partial charge in [-0.15, -0.1) is 0 Å². The maximum Gasteiger partial charge on any atom is 0.232 e. The van der Waals surface area contributed by atoms with Crippen molar-refractivity contribution in [1.82, 2.24) is 4.57 Å². The molecule has 0 spiro atoms. The summed E-state index contributed by atoms with van der Waals surface area (Å²) in [6, 6.07) is 21.0. The van der Waals surface area contributed by atoms with Crippen molar-refractivity contribution in [2.24, 2.45) is 0 Å². The van der Waals surface area contributed by atoms with Crippen LogP contribution in [-0.4, -0.2) is 14.7 Å². The fraction of sp³-hybridized carbons (Fsp3) is 0.190. The summed E-state index contributed by atoms with van der Waals surface area (Å²) >= 11 is 0. The first-order valence-corrected chi connectivity index (χ1v) is 9.45. The zero-order valence-corrected chi connectivity index (χ0v) is 15.2. The van der Waals surface area contributed by atoms with Gasteiger partial charge in [0.05, 0.1) is 0 Å². The second kappa shape index (κ2) is 7.62. The minimum absolute atomic E-state index is 0.0446. The molecule has 0 N–H and O–H groups in total. The summed E-state index contributed by atoms with van der Waals surface area (Å²) in [7, 11) is -1.37. The average Bonchev–Trinajstić information content (AvgIpc) is 3.12. The molecule has 4 heteroatoms. The van der Waals surface area contributed by atoms with Gasteiger partial charge in [0.2, 0.25) is 5.91 Å². The van der Waals surface area contributed by atoms with Crippen LogP contribution in [0.1, 0.15) is 35.2 Å². The highest BCUT2D eigenvalue weighted by Gasteiger charge is 2.18. The van der Waals surface area contributed by atoms with Gasteiger partial charge in [-0.05, 0) is 42.7 Å². The van der Waals surface area contributed by atoms with E-state index in [0.29, 0.717) is 16.3 Å². The Morgan fingerprint density at radius 2 is 1.68 bits per heavy atom. The zero-order valence-electron chi connectivity index (χ0n) is 14.4. The van der Waals surface area contributed by atoms with E-state index in [1.54, 1.807) is 18.3 Å². The molecule has 0 saturated heterocycles. The largest absolute Gasteiger partial charge is 0.279 e. The van der Waals surface area contributed by atoms with Crippen LogP contribution in [-0.2, 0) is 10.8 Å². The Labute approximate surface area is 150 Å². The van der Waals surface area contributed by atoms with Gasteiger partial charge in [-0.2, -0.15) is 0 Å². The number of rotatable bonds is 5. The maximum atomic E-state index is 12.8. The molecule has 3 rings (SSSR count). The molecule has 1 unspecified atom stereocenters. The average molecular weight is 351 g/mol. The van der Waals surface area contributed by atoms with E-state index >= 15 is 0 Å². The van der Waals surface area contributed by atoms with Gasteiger partial charge in [-0.3, -0.25) is 9.36 Å². The van der Waals surface area contributed by atoms with Crippen molar-refractivity contribution in [3.8, 4) is 0 Å². The van der Waals surface area contributed by atoms with Gasteiger partial charge in [0.25, 0.3) is 0 Å². The minimum Gasteiger partial charge on any atom is -0.279 e. The lowest BCUT2D eigenvalue weighted by molar-refractivity contribution is 0.0885. The first kappa shape index (κ1) is 17.4. The molecule has 1 aromatic heterocycles. The molecule has 0 saturated carbocycles. The highest BCUT2D eigenvalue weighted by Crippen LogP contribution is 2.22. The van der Waals surface area contributed by atoms with E-state index in [9.17, 15) is 9.00 Å². The van der Waals surface area contributed by atoms with Gasteiger partial charge in [-0.25, -0.2) is 4.21 Å². The van der Waals surface area contributed by atoms with Crippen molar-refractivity contribution in [3.63, 3.8) is 0 Å². The number of aromatic nitrogens is 1. The number of benzene rings is 2. The number of hydrogen-bond donors (Lipinski definition) is 0. The second-order valence-electron chi connectivity index (χ2n) is 6.21. The number of carbonyl (C=O) groups is 1. The van der Waals surface area contributed by atoms with Crippen molar-refractivity contribution in [2.45, 2.75) is 36.1 Å². The van der Waals surface area contributed by atoms with E-state index in [1.165, 1.54) is 4.57 Å². The van der Waals surface area contributed by atoms with Gasteiger partial charge in [-0.1, -0.05) is 55.0 Å². The Morgan fingerprint density at radius 3 is 2.36 bits per heavy atom. The first-order chi connectivity index (χ1) is 12.1. The summed E-state index contributed by atoms with van der Waals surface area (Å²) in [5.41, 5.74) is 2.24. The summed E-state index contributed by atoms with van der Waals surface area (Å²) < 4.78 is 14.4. The van der Waals surface area contributed by atoms with Gasteiger partial charge < -0.3 is 0 Å². The van der Waals surface area contributed by atoms with Crippen LogP contribution in [0.5, 0.6) is 0 Å². The second-order valence-corrected chi connectivity index (χ2v) is 7.63. The van der Waals surface area contributed by atoms with E-state index in [4.69, 9.17) is 0 Å². The molecule has 0 aliphatic carbocycles. The molecule has 128 valence electrons. The topological polar surface area (TPSA) is 39.1 Å². The zero-order chi connectivity index (χ0) is 17.8. The van der Waals surface area contributed by atoms with Crippen LogP contribution in [0.3, 0.4) is 0 Å². The van der Waals surface area contributed by atoms with Crippen LogP contribution in [0, 0.1) is 6.92 Å². The molecule has 0 aliphatic rings. The van der Waals surface area contributed by atoms with Crippen molar-refractivity contribution in [2.75, 3.05) is 0 Å².